The van der Waals surface area contributed by atoms with Crippen molar-refractivity contribution < 1.29 is 4.79 Å². The van der Waals surface area contributed by atoms with E-state index in [1.807, 2.05) is 0 Å². The van der Waals surface area contributed by atoms with Gasteiger partial charge in [0.25, 0.3) is 5.91 Å². The lowest BCUT2D eigenvalue weighted by Gasteiger charge is -2.08. The Morgan fingerprint density at radius 2 is 1.74 bits per heavy atom. The zero-order valence-electron chi connectivity index (χ0n) is 9.38. The second-order valence-corrected chi connectivity index (χ2v) is 6.26. The van der Waals surface area contributed by atoms with E-state index in [1.165, 1.54) is 0 Å². The van der Waals surface area contributed by atoms with Gasteiger partial charge in [-0.2, -0.15) is 0 Å². The minimum absolute atomic E-state index is 0.222. The van der Waals surface area contributed by atoms with E-state index in [2.05, 4.69) is 37.2 Å². The van der Waals surface area contributed by atoms with E-state index in [0.717, 1.165) is 4.47 Å². The smallest absolute Gasteiger partial charge is 0.255 e. The average molecular weight is 424 g/mol. The van der Waals surface area contributed by atoms with Crippen LogP contribution in [0.4, 0.5) is 5.69 Å². The number of rotatable bonds is 2. The van der Waals surface area contributed by atoms with Crippen LogP contribution in [-0.2, 0) is 0 Å². The van der Waals surface area contributed by atoms with E-state index in [-0.39, 0.29) is 5.91 Å². The molecule has 0 atom stereocenters. The van der Waals surface area contributed by atoms with Crippen molar-refractivity contribution in [3.05, 3.63) is 61.0 Å². The van der Waals surface area contributed by atoms with E-state index in [9.17, 15) is 4.79 Å². The van der Waals surface area contributed by atoms with E-state index in [0.29, 0.717) is 25.8 Å². The van der Waals surface area contributed by atoms with Crippen molar-refractivity contribution in [1.82, 2.24) is 0 Å². The lowest BCUT2D eigenvalue weighted by atomic mass is 10.2. The highest BCUT2D eigenvalue weighted by Gasteiger charge is 2.10. The molecule has 19 heavy (non-hydrogen) atoms. The number of amides is 1. The molecule has 0 aliphatic heterocycles. The second kappa shape index (κ2) is 6.27. The zero-order valence-corrected chi connectivity index (χ0v) is 14.1. The number of carbonyl (C=O) groups is 1. The van der Waals surface area contributed by atoms with Crippen molar-refractivity contribution in [1.29, 1.82) is 0 Å². The molecule has 2 nitrogen and oxygen atoms in total. The quantitative estimate of drug-likeness (QED) is 0.652. The number of halogens is 4. The van der Waals surface area contributed by atoms with Gasteiger partial charge in [0.1, 0.15) is 0 Å². The van der Waals surface area contributed by atoms with E-state index in [4.69, 9.17) is 23.2 Å². The van der Waals surface area contributed by atoms with Crippen LogP contribution >= 0.6 is 55.1 Å². The third kappa shape index (κ3) is 3.72. The van der Waals surface area contributed by atoms with Crippen LogP contribution in [0.2, 0.25) is 10.0 Å². The summed E-state index contributed by atoms with van der Waals surface area (Å²) in [5, 5.41) is 3.95. The number of benzene rings is 2. The molecule has 0 aliphatic carbocycles. The highest BCUT2D eigenvalue weighted by atomic mass is 79.9. The molecule has 0 unspecified atom stereocenters. The fourth-order valence-electron chi connectivity index (χ4n) is 1.42. The molecular formula is C13H7Br2Cl2NO. The first-order chi connectivity index (χ1) is 8.97. The van der Waals surface area contributed by atoms with Gasteiger partial charge in [0.2, 0.25) is 0 Å². The maximum Gasteiger partial charge on any atom is 0.255 e. The van der Waals surface area contributed by atoms with Crippen LogP contribution in [0.5, 0.6) is 0 Å². The molecule has 0 bridgehead atoms. The van der Waals surface area contributed by atoms with Gasteiger partial charge in [0.15, 0.2) is 0 Å². The predicted molar refractivity (Wildman–Crippen MR) is 86.3 cm³/mol. The third-order valence-corrected chi connectivity index (χ3v) is 4.47. The Kier molecular flexibility index (Phi) is 4.90. The van der Waals surface area contributed by atoms with Gasteiger partial charge >= 0.3 is 0 Å². The molecule has 0 saturated carbocycles. The summed E-state index contributed by atoms with van der Waals surface area (Å²) in [5.41, 5.74) is 1.17. The van der Waals surface area contributed by atoms with Crippen molar-refractivity contribution in [2.45, 2.75) is 0 Å². The first-order valence-corrected chi connectivity index (χ1v) is 7.53. The molecule has 6 heteroatoms. The zero-order chi connectivity index (χ0) is 14.0. The third-order valence-electron chi connectivity index (χ3n) is 2.36. The lowest BCUT2D eigenvalue weighted by molar-refractivity contribution is 0.102. The first kappa shape index (κ1) is 14.9. The van der Waals surface area contributed by atoms with Gasteiger partial charge in [-0.1, -0.05) is 23.2 Å². The van der Waals surface area contributed by atoms with Crippen molar-refractivity contribution in [3.63, 3.8) is 0 Å². The van der Waals surface area contributed by atoms with Crippen LogP contribution in [0.15, 0.2) is 45.3 Å². The van der Waals surface area contributed by atoms with E-state index in [1.54, 1.807) is 36.4 Å². The summed E-state index contributed by atoms with van der Waals surface area (Å²) in [6, 6.07) is 10.1. The molecule has 0 spiro atoms. The number of hydrogen-bond donors (Lipinski definition) is 1. The molecule has 0 aliphatic rings. The standard InChI is InChI=1S/C13H7Br2Cl2NO/c14-9-5-7(1-3-11(9)17)13(19)18-12-4-2-8(16)6-10(12)15/h1-6H,(H,18,19). The topological polar surface area (TPSA) is 29.1 Å². The Hall–Kier alpha value is -0.550. The molecule has 0 radical (unpaired) electrons. The van der Waals surface area contributed by atoms with Crippen molar-refractivity contribution in [3.8, 4) is 0 Å². The van der Waals surface area contributed by atoms with Gasteiger partial charge in [-0.15, -0.1) is 0 Å². The molecule has 0 aromatic heterocycles. The summed E-state index contributed by atoms with van der Waals surface area (Å²) in [6.07, 6.45) is 0. The minimum atomic E-state index is -0.222. The molecule has 1 N–H and O–H groups in total. The van der Waals surface area contributed by atoms with Crippen LogP contribution in [-0.4, -0.2) is 5.91 Å². The Labute approximate surface area is 137 Å². The number of anilines is 1. The summed E-state index contributed by atoms with van der Waals surface area (Å²) in [6.45, 7) is 0. The SMILES string of the molecule is O=C(Nc1ccc(Cl)cc1Br)c1ccc(Cl)c(Br)c1. The monoisotopic (exact) mass is 421 g/mol. The predicted octanol–water partition coefficient (Wildman–Crippen LogP) is 5.77. The van der Waals surface area contributed by atoms with Crippen LogP contribution in [0.3, 0.4) is 0 Å². The fourth-order valence-corrected chi connectivity index (χ4v) is 2.70. The van der Waals surface area contributed by atoms with Crippen LogP contribution < -0.4 is 5.32 Å². The molecule has 0 saturated heterocycles. The van der Waals surface area contributed by atoms with Crippen molar-refractivity contribution >= 4 is 66.7 Å². The van der Waals surface area contributed by atoms with Crippen LogP contribution in [0.1, 0.15) is 10.4 Å². The Morgan fingerprint density at radius 1 is 1.00 bits per heavy atom. The second-order valence-electron chi connectivity index (χ2n) is 3.71. The van der Waals surface area contributed by atoms with Crippen LogP contribution in [0, 0.1) is 0 Å². The van der Waals surface area contributed by atoms with Gasteiger partial charge in [-0.3, -0.25) is 4.79 Å². The molecule has 98 valence electrons. The maximum absolute atomic E-state index is 12.1. The van der Waals surface area contributed by atoms with E-state index < -0.39 is 0 Å². The summed E-state index contributed by atoms with van der Waals surface area (Å²) in [7, 11) is 0. The highest BCUT2D eigenvalue weighted by Crippen LogP contribution is 2.27. The van der Waals surface area contributed by atoms with Crippen molar-refractivity contribution in [2.24, 2.45) is 0 Å². The molecule has 2 aromatic rings. The first-order valence-electron chi connectivity index (χ1n) is 5.19. The number of nitrogens with one attached hydrogen (secondary N) is 1. The average Bonchev–Trinajstić information content (AvgIpc) is 2.36. The van der Waals surface area contributed by atoms with Gasteiger partial charge in [0, 0.05) is 19.5 Å². The van der Waals surface area contributed by atoms with Gasteiger partial charge in [0.05, 0.1) is 10.7 Å². The molecule has 1 amide bonds. The Balaban J connectivity index is 2.23. The summed E-state index contributed by atoms with van der Waals surface area (Å²) < 4.78 is 1.40. The number of hydrogen-bond acceptors (Lipinski definition) is 1. The molecular weight excluding hydrogens is 417 g/mol. The van der Waals surface area contributed by atoms with Crippen LogP contribution in [0.25, 0.3) is 0 Å². The molecule has 0 fully saturated rings. The minimum Gasteiger partial charge on any atom is -0.321 e. The van der Waals surface area contributed by atoms with Gasteiger partial charge in [-0.05, 0) is 68.3 Å². The van der Waals surface area contributed by atoms with Gasteiger partial charge < -0.3 is 5.32 Å². The van der Waals surface area contributed by atoms with E-state index >= 15 is 0 Å². The Morgan fingerprint density at radius 3 is 2.37 bits per heavy atom. The number of carbonyl (C=O) groups excluding carboxylic acids is 1. The lowest BCUT2D eigenvalue weighted by Crippen LogP contribution is -2.12. The summed E-state index contributed by atoms with van der Waals surface area (Å²) >= 11 is 18.4. The maximum atomic E-state index is 12.1. The largest absolute Gasteiger partial charge is 0.321 e. The van der Waals surface area contributed by atoms with Gasteiger partial charge in [-0.25, -0.2) is 0 Å². The summed E-state index contributed by atoms with van der Waals surface area (Å²) in [4.78, 5) is 12.1. The highest BCUT2D eigenvalue weighted by molar-refractivity contribution is 9.11. The van der Waals surface area contributed by atoms with Crippen molar-refractivity contribution in [2.75, 3.05) is 5.32 Å². The molecule has 2 aromatic carbocycles. The molecule has 0 heterocycles. The summed E-state index contributed by atoms with van der Waals surface area (Å²) in [5.74, 6) is -0.222. The Bertz CT molecular complexity index is 647. The normalized spacial score (nSPS) is 10.3. The molecule has 2 rings (SSSR count). The fraction of sp³-hybridized carbons (Fsp3) is 0.